The summed E-state index contributed by atoms with van der Waals surface area (Å²) in [6, 6.07) is -1.39. The minimum atomic E-state index is -1.39. The molecule has 1 saturated heterocycles. The predicted octanol–water partition coefficient (Wildman–Crippen LogP) is 1.40. The van der Waals surface area contributed by atoms with E-state index in [1.807, 2.05) is 0 Å². The van der Waals surface area contributed by atoms with Crippen molar-refractivity contribution in [3.8, 4) is 0 Å². The third kappa shape index (κ3) is 5.53. The van der Waals surface area contributed by atoms with Crippen molar-refractivity contribution in [2.45, 2.75) is 63.8 Å². The van der Waals surface area contributed by atoms with Crippen molar-refractivity contribution in [3.05, 3.63) is 0 Å². The molecule has 7 heteroatoms. The summed E-state index contributed by atoms with van der Waals surface area (Å²) < 4.78 is 0. The van der Waals surface area contributed by atoms with Gasteiger partial charge in [0.25, 0.3) is 0 Å². The first kappa shape index (κ1) is 17.1. The highest BCUT2D eigenvalue weighted by molar-refractivity contribution is 5.99. The molecule has 0 radical (unpaired) electrons. The molecule has 21 heavy (non-hydrogen) atoms. The summed E-state index contributed by atoms with van der Waals surface area (Å²) in [7, 11) is 0. The second-order valence-electron chi connectivity index (χ2n) is 5.21. The fraction of sp³-hybridized carbons (Fsp3) is 0.714. The minimum Gasteiger partial charge on any atom is -0.481 e. The van der Waals surface area contributed by atoms with E-state index >= 15 is 0 Å². The molecule has 1 rings (SSSR count). The average molecular weight is 299 g/mol. The lowest BCUT2D eigenvalue weighted by Crippen LogP contribution is -2.49. The van der Waals surface area contributed by atoms with Crippen LogP contribution in [0, 0.1) is 0 Å². The molecule has 0 bridgehead atoms. The fourth-order valence-electron chi connectivity index (χ4n) is 2.43. The molecule has 0 aliphatic carbocycles. The maximum absolute atomic E-state index is 12.1. The number of hydrogen-bond donors (Lipinski definition) is 2. The maximum atomic E-state index is 12.1. The topological polar surface area (TPSA) is 112 Å². The van der Waals surface area contributed by atoms with Gasteiger partial charge in [-0.3, -0.25) is 19.3 Å². The molecule has 2 N–H and O–H groups in total. The molecule has 7 nitrogen and oxygen atoms in total. The van der Waals surface area contributed by atoms with Crippen molar-refractivity contribution in [1.82, 2.24) is 4.90 Å². The maximum Gasteiger partial charge on any atom is 0.326 e. The van der Waals surface area contributed by atoms with Crippen LogP contribution in [0.4, 0.5) is 0 Å². The Hall–Kier alpha value is -1.92. The Kier molecular flexibility index (Phi) is 6.84. The van der Waals surface area contributed by atoms with Gasteiger partial charge in [0.05, 0.1) is 0 Å². The zero-order valence-corrected chi connectivity index (χ0v) is 11.9. The van der Waals surface area contributed by atoms with Gasteiger partial charge in [0.15, 0.2) is 0 Å². The number of aliphatic carboxylic acids is 2. The number of carboxylic acid groups (broad SMARTS) is 2. The Balaban J connectivity index is 2.90. The van der Waals surface area contributed by atoms with Crippen molar-refractivity contribution in [2.75, 3.05) is 0 Å². The number of amides is 2. The largest absolute Gasteiger partial charge is 0.481 e. The summed E-state index contributed by atoms with van der Waals surface area (Å²) in [4.78, 5) is 47.0. The Bertz CT molecular complexity index is 400. The third-order valence-electron chi connectivity index (χ3n) is 3.55. The Morgan fingerprint density at radius 2 is 1.43 bits per heavy atom. The summed E-state index contributed by atoms with van der Waals surface area (Å²) in [5, 5.41) is 17.9. The van der Waals surface area contributed by atoms with Crippen LogP contribution >= 0.6 is 0 Å². The van der Waals surface area contributed by atoms with Crippen LogP contribution in [0.3, 0.4) is 0 Å². The van der Waals surface area contributed by atoms with Crippen molar-refractivity contribution in [1.29, 1.82) is 0 Å². The molecule has 118 valence electrons. The summed E-state index contributed by atoms with van der Waals surface area (Å²) in [6.45, 7) is 0. The molecule has 1 fully saturated rings. The fourth-order valence-corrected chi connectivity index (χ4v) is 2.43. The zero-order chi connectivity index (χ0) is 15.8. The van der Waals surface area contributed by atoms with Gasteiger partial charge in [-0.25, -0.2) is 4.79 Å². The van der Waals surface area contributed by atoms with E-state index in [9.17, 15) is 24.3 Å². The molecule has 1 heterocycles. The number of imide groups is 1. The first-order valence-electron chi connectivity index (χ1n) is 7.23. The van der Waals surface area contributed by atoms with E-state index < -0.39 is 36.2 Å². The van der Waals surface area contributed by atoms with Crippen LogP contribution in [-0.2, 0) is 19.2 Å². The van der Waals surface area contributed by atoms with Crippen LogP contribution < -0.4 is 0 Å². The number of carbonyl (C=O) groups excluding carboxylic acids is 2. The first-order chi connectivity index (χ1) is 9.93. The third-order valence-corrected chi connectivity index (χ3v) is 3.55. The van der Waals surface area contributed by atoms with Crippen LogP contribution in [-0.4, -0.2) is 44.9 Å². The lowest BCUT2D eigenvalue weighted by molar-refractivity contribution is -0.159. The average Bonchev–Trinajstić information content (AvgIpc) is 2.40. The highest BCUT2D eigenvalue weighted by Gasteiger charge is 2.34. The second-order valence-corrected chi connectivity index (χ2v) is 5.21. The molecule has 0 spiro atoms. The zero-order valence-electron chi connectivity index (χ0n) is 11.9. The normalized spacial score (nSPS) is 19.1. The van der Waals surface area contributed by atoms with Crippen LogP contribution in [0.25, 0.3) is 0 Å². The molecule has 0 aromatic rings. The number of rotatable bonds is 5. The van der Waals surface area contributed by atoms with Crippen LogP contribution in [0.5, 0.6) is 0 Å². The van der Waals surface area contributed by atoms with Crippen molar-refractivity contribution in [2.24, 2.45) is 0 Å². The van der Waals surface area contributed by atoms with Gasteiger partial charge in [0, 0.05) is 19.3 Å². The van der Waals surface area contributed by atoms with Crippen LogP contribution in [0.2, 0.25) is 0 Å². The van der Waals surface area contributed by atoms with Gasteiger partial charge in [0.2, 0.25) is 11.8 Å². The molecule has 0 aromatic heterocycles. The number of carbonyl (C=O) groups is 4. The minimum absolute atomic E-state index is 0.128. The summed E-state index contributed by atoms with van der Waals surface area (Å²) in [5.41, 5.74) is 0. The quantitative estimate of drug-likeness (QED) is 0.742. The SMILES string of the molecule is O=C(O)CC[C@@H](C(=O)O)N1C(=O)CCCCCCCC1=O. The number of nitrogens with zero attached hydrogens (tertiary/aromatic N) is 1. The molecule has 1 aliphatic rings. The summed E-state index contributed by atoms with van der Waals surface area (Å²) in [5.74, 6) is -3.52. The van der Waals surface area contributed by atoms with Crippen LogP contribution in [0.15, 0.2) is 0 Å². The number of carboxylic acids is 2. The monoisotopic (exact) mass is 299 g/mol. The van der Waals surface area contributed by atoms with E-state index in [4.69, 9.17) is 5.11 Å². The molecule has 1 aliphatic heterocycles. The molecule has 2 amide bonds. The lowest BCUT2D eigenvalue weighted by Gasteiger charge is -2.27. The molecular weight excluding hydrogens is 278 g/mol. The number of hydrogen-bond acceptors (Lipinski definition) is 4. The van der Waals surface area contributed by atoms with Gasteiger partial charge in [-0.1, -0.05) is 19.3 Å². The smallest absolute Gasteiger partial charge is 0.326 e. The van der Waals surface area contributed by atoms with E-state index in [-0.39, 0.29) is 19.3 Å². The summed E-state index contributed by atoms with van der Waals surface area (Å²) >= 11 is 0. The van der Waals surface area contributed by atoms with Crippen molar-refractivity contribution < 1.29 is 29.4 Å². The molecule has 0 aromatic carbocycles. The van der Waals surface area contributed by atoms with Crippen molar-refractivity contribution in [3.63, 3.8) is 0 Å². The standard InChI is InChI=1S/C14H21NO6/c16-11-6-4-2-1-3-5-7-12(17)15(11)10(14(20)21)8-9-13(18)19/h10H,1-9H2,(H,18,19)(H,20,21)/t10-/m0/s1. The van der Waals surface area contributed by atoms with Gasteiger partial charge in [-0.05, 0) is 19.3 Å². The van der Waals surface area contributed by atoms with E-state index in [1.165, 1.54) is 0 Å². The lowest BCUT2D eigenvalue weighted by atomic mass is 10.0. The first-order valence-corrected chi connectivity index (χ1v) is 7.23. The highest BCUT2D eigenvalue weighted by atomic mass is 16.4. The molecule has 0 unspecified atom stereocenters. The Morgan fingerprint density at radius 3 is 1.86 bits per heavy atom. The Labute approximate surface area is 122 Å². The summed E-state index contributed by atoms with van der Waals surface area (Å²) in [6.07, 6.45) is 3.55. The van der Waals surface area contributed by atoms with Gasteiger partial charge in [-0.15, -0.1) is 0 Å². The van der Waals surface area contributed by atoms with E-state index in [2.05, 4.69) is 0 Å². The highest BCUT2D eigenvalue weighted by Crippen LogP contribution is 2.18. The van der Waals surface area contributed by atoms with E-state index in [0.717, 1.165) is 24.2 Å². The van der Waals surface area contributed by atoms with E-state index in [1.54, 1.807) is 0 Å². The van der Waals surface area contributed by atoms with Gasteiger partial charge in [-0.2, -0.15) is 0 Å². The van der Waals surface area contributed by atoms with E-state index in [0.29, 0.717) is 12.8 Å². The second kappa shape index (κ2) is 8.39. The predicted molar refractivity (Wildman–Crippen MR) is 72.5 cm³/mol. The molecule has 1 atom stereocenters. The Morgan fingerprint density at radius 1 is 0.952 bits per heavy atom. The van der Waals surface area contributed by atoms with Crippen molar-refractivity contribution >= 4 is 23.8 Å². The van der Waals surface area contributed by atoms with Crippen LogP contribution in [0.1, 0.15) is 57.8 Å². The molecule has 0 saturated carbocycles. The van der Waals surface area contributed by atoms with Gasteiger partial charge < -0.3 is 10.2 Å². The molecular formula is C14H21NO6. The van der Waals surface area contributed by atoms with Gasteiger partial charge in [0.1, 0.15) is 6.04 Å². The van der Waals surface area contributed by atoms with Gasteiger partial charge >= 0.3 is 11.9 Å².